The zero-order valence-corrected chi connectivity index (χ0v) is 12.0. The summed E-state index contributed by atoms with van der Waals surface area (Å²) in [6.07, 6.45) is 0. The van der Waals surface area contributed by atoms with Gasteiger partial charge in [0.25, 0.3) is 5.91 Å². The maximum Gasteiger partial charge on any atom is 0.252 e. The number of amides is 1. The summed E-state index contributed by atoms with van der Waals surface area (Å²) in [4.78, 5) is 11.7. The zero-order valence-electron chi connectivity index (χ0n) is 9.63. The van der Waals surface area contributed by atoms with E-state index in [-0.39, 0.29) is 5.91 Å². The lowest BCUT2D eigenvalue weighted by molar-refractivity contribution is 0.0924. The van der Waals surface area contributed by atoms with Gasteiger partial charge in [0, 0.05) is 11.9 Å². The molecule has 0 fully saturated rings. The van der Waals surface area contributed by atoms with E-state index < -0.39 is 0 Å². The molecular weight excluding hydrogens is 305 g/mol. The first-order chi connectivity index (χ1) is 8.15. The first-order valence-corrected chi connectivity index (χ1v) is 6.83. The molecule has 0 aliphatic heterocycles. The van der Waals surface area contributed by atoms with Crippen LogP contribution in [-0.2, 0) is 4.74 Å². The van der Waals surface area contributed by atoms with Crippen LogP contribution in [0, 0.1) is 6.92 Å². The molecule has 1 rings (SSSR count). The Morgan fingerprint density at radius 3 is 2.88 bits per heavy atom. The van der Waals surface area contributed by atoms with E-state index in [9.17, 15) is 4.79 Å². The highest BCUT2D eigenvalue weighted by Gasteiger charge is 2.09. The molecule has 1 aromatic rings. The molecule has 0 spiro atoms. The summed E-state index contributed by atoms with van der Waals surface area (Å²) in [6, 6.07) is 5.37. The molecule has 94 valence electrons. The van der Waals surface area contributed by atoms with Crippen molar-refractivity contribution < 1.29 is 9.53 Å². The van der Waals surface area contributed by atoms with Crippen molar-refractivity contribution in [2.75, 3.05) is 25.1 Å². The smallest absolute Gasteiger partial charge is 0.252 e. The molecule has 5 heteroatoms. The van der Waals surface area contributed by atoms with Crippen LogP contribution in [-0.4, -0.2) is 31.0 Å². The van der Waals surface area contributed by atoms with E-state index >= 15 is 0 Å². The highest BCUT2D eigenvalue weighted by Crippen LogP contribution is 2.17. The molecule has 17 heavy (non-hydrogen) atoms. The van der Waals surface area contributed by atoms with E-state index in [1.54, 1.807) is 12.1 Å². The van der Waals surface area contributed by atoms with E-state index in [1.807, 2.05) is 13.0 Å². The maximum atomic E-state index is 11.7. The number of hydrogen-bond acceptors (Lipinski definition) is 2. The number of rotatable bonds is 6. The second-order valence-electron chi connectivity index (χ2n) is 3.54. The molecule has 1 amide bonds. The van der Waals surface area contributed by atoms with Crippen LogP contribution in [0.1, 0.15) is 15.9 Å². The SMILES string of the molecule is Cc1ccc(C(=O)NCCOCCBr)c(Cl)c1. The molecule has 1 aromatic carbocycles. The Morgan fingerprint density at radius 2 is 2.24 bits per heavy atom. The van der Waals surface area contributed by atoms with Crippen LogP contribution < -0.4 is 5.32 Å². The Hall–Kier alpha value is -0.580. The number of ether oxygens (including phenoxy) is 1. The van der Waals surface area contributed by atoms with E-state index in [2.05, 4.69) is 21.2 Å². The topological polar surface area (TPSA) is 38.3 Å². The van der Waals surface area contributed by atoms with Gasteiger partial charge in [0.1, 0.15) is 0 Å². The normalized spacial score (nSPS) is 10.3. The molecule has 0 bridgehead atoms. The van der Waals surface area contributed by atoms with Gasteiger partial charge in [-0.3, -0.25) is 4.79 Å². The molecule has 0 radical (unpaired) electrons. The standard InChI is InChI=1S/C12H15BrClNO2/c1-9-2-3-10(11(14)8-9)12(16)15-5-7-17-6-4-13/h2-3,8H,4-7H2,1H3,(H,15,16). The Morgan fingerprint density at radius 1 is 1.47 bits per heavy atom. The van der Waals surface area contributed by atoms with E-state index in [0.717, 1.165) is 10.9 Å². The Bertz CT molecular complexity index is 385. The van der Waals surface area contributed by atoms with Gasteiger partial charge in [0.05, 0.1) is 23.8 Å². The van der Waals surface area contributed by atoms with Gasteiger partial charge in [0.15, 0.2) is 0 Å². The van der Waals surface area contributed by atoms with Gasteiger partial charge in [-0.25, -0.2) is 0 Å². The molecule has 0 saturated heterocycles. The summed E-state index contributed by atoms with van der Waals surface area (Å²) in [6.45, 7) is 3.56. The number of carbonyl (C=O) groups is 1. The fourth-order valence-corrected chi connectivity index (χ4v) is 1.84. The van der Waals surface area contributed by atoms with Gasteiger partial charge in [-0.2, -0.15) is 0 Å². The summed E-state index contributed by atoms with van der Waals surface area (Å²) in [7, 11) is 0. The zero-order chi connectivity index (χ0) is 12.7. The number of aryl methyl sites for hydroxylation is 1. The second-order valence-corrected chi connectivity index (χ2v) is 4.74. The van der Waals surface area contributed by atoms with E-state index in [4.69, 9.17) is 16.3 Å². The lowest BCUT2D eigenvalue weighted by Gasteiger charge is -2.07. The fraction of sp³-hybridized carbons (Fsp3) is 0.417. The van der Waals surface area contributed by atoms with Crippen LogP contribution in [0.15, 0.2) is 18.2 Å². The van der Waals surface area contributed by atoms with Crippen molar-refractivity contribution in [1.82, 2.24) is 5.32 Å². The second kappa shape index (κ2) is 7.69. The first kappa shape index (κ1) is 14.5. The van der Waals surface area contributed by atoms with Crippen molar-refractivity contribution in [1.29, 1.82) is 0 Å². The van der Waals surface area contributed by atoms with Crippen molar-refractivity contribution in [3.63, 3.8) is 0 Å². The van der Waals surface area contributed by atoms with Gasteiger partial charge >= 0.3 is 0 Å². The van der Waals surface area contributed by atoms with Crippen molar-refractivity contribution in [2.45, 2.75) is 6.92 Å². The van der Waals surface area contributed by atoms with E-state index in [1.165, 1.54) is 0 Å². The molecule has 0 aliphatic rings. The third kappa shape index (κ3) is 5.06. The minimum atomic E-state index is -0.169. The fourth-order valence-electron chi connectivity index (χ4n) is 1.29. The maximum absolute atomic E-state index is 11.7. The number of alkyl halides is 1. The summed E-state index contributed by atoms with van der Waals surface area (Å²) >= 11 is 9.24. The predicted octanol–water partition coefficient (Wildman–Crippen LogP) is 2.79. The lowest BCUT2D eigenvalue weighted by Crippen LogP contribution is -2.27. The highest BCUT2D eigenvalue weighted by molar-refractivity contribution is 9.09. The molecule has 1 N–H and O–H groups in total. The largest absolute Gasteiger partial charge is 0.379 e. The third-order valence-electron chi connectivity index (χ3n) is 2.12. The Kier molecular flexibility index (Phi) is 6.55. The highest BCUT2D eigenvalue weighted by atomic mass is 79.9. The summed E-state index contributed by atoms with van der Waals surface area (Å²) in [5.41, 5.74) is 1.53. The molecule has 0 aliphatic carbocycles. The van der Waals surface area contributed by atoms with Crippen molar-refractivity contribution in [2.24, 2.45) is 0 Å². The lowest BCUT2D eigenvalue weighted by atomic mass is 10.1. The quantitative estimate of drug-likeness (QED) is 0.646. The van der Waals surface area contributed by atoms with Crippen molar-refractivity contribution in [3.8, 4) is 0 Å². The monoisotopic (exact) mass is 319 g/mol. The first-order valence-electron chi connectivity index (χ1n) is 5.33. The Balaban J connectivity index is 2.42. The number of benzene rings is 1. The molecular formula is C12H15BrClNO2. The van der Waals surface area contributed by atoms with Gasteiger partial charge in [-0.1, -0.05) is 33.6 Å². The van der Waals surface area contributed by atoms with Gasteiger partial charge in [0.2, 0.25) is 0 Å². The van der Waals surface area contributed by atoms with Crippen LogP contribution in [0.4, 0.5) is 0 Å². The number of carbonyl (C=O) groups excluding carboxylic acids is 1. The summed E-state index contributed by atoms with van der Waals surface area (Å²) in [5, 5.41) is 4.03. The van der Waals surface area contributed by atoms with E-state index in [0.29, 0.717) is 30.3 Å². The minimum Gasteiger partial charge on any atom is -0.379 e. The number of hydrogen-bond donors (Lipinski definition) is 1. The van der Waals surface area contributed by atoms with Gasteiger partial charge < -0.3 is 10.1 Å². The van der Waals surface area contributed by atoms with Crippen LogP contribution in [0.5, 0.6) is 0 Å². The van der Waals surface area contributed by atoms with Crippen LogP contribution in [0.2, 0.25) is 5.02 Å². The average Bonchev–Trinajstić information content (AvgIpc) is 2.28. The van der Waals surface area contributed by atoms with Gasteiger partial charge in [-0.05, 0) is 24.6 Å². The predicted molar refractivity (Wildman–Crippen MR) is 73.1 cm³/mol. The number of nitrogens with one attached hydrogen (secondary N) is 1. The molecule has 0 aromatic heterocycles. The molecule has 3 nitrogen and oxygen atoms in total. The minimum absolute atomic E-state index is 0.169. The molecule has 0 saturated carbocycles. The van der Waals surface area contributed by atoms with Gasteiger partial charge in [-0.15, -0.1) is 0 Å². The third-order valence-corrected chi connectivity index (χ3v) is 2.76. The van der Waals surface area contributed by atoms with Crippen molar-refractivity contribution >= 4 is 33.4 Å². The molecule has 0 heterocycles. The molecule has 0 atom stereocenters. The van der Waals surface area contributed by atoms with Crippen LogP contribution in [0.3, 0.4) is 0 Å². The van der Waals surface area contributed by atoms with Crippen LogP contribution in [0.25, 0.3) is 0 Å². The summed E-state index contributed by atoms with van der Waals surface area (Å²) < 4.78 is 5.22. The average molecular weight is 321 g/mol. The van der Waals surface area contributed by atoms with Crippen LogP contribution >= 0.6 is 27.5 Å². The Labute approximate surface area is 115 Å². The van der Waals surface area contributed by atoms with Crippen molar-refractivity contribution in [3.05, 3.63) is 34.3 Å². The number of halogens is 2. The molecule has 0 unspecified atom stereocenters. The summed E-state index contributed by atoms with van der Waals surface area (Å²) in [5.74, 6) is -0.169.